The SMILES string of the molecule is O=C(CN1CCC1)N[C@H](C(=O)N1CC(c2cc(F)ccc2F)=C[C@H]1c1ccccc1)C1CC1. The molecule has 1 saturated carbocycles. The molecule has 0 bridgehead atoms. The minimum atomic E-state index is -0.602. The molecule has 2 aromatic carbocycles. The number of halogens is 2. The molecular formula is C26H27F2N3O2. The monoisotopic (exact) mass is 451 g/mol. The van der Waals surface area contributed by atoms with Gasteiger partial charge in [0, 0.05) is 12.1 Å². The summed E-state index contributed by atoms with van der Waals surface area (Å²) in [6.45, 7) is 2.27. The highest BCUT2D eigenvalue weighted by Crippen LogP contribution is 2.39. The molecule has 3 aliphatic rings. The summed E-state index contributed by atoms with van der Waals surface area (Å²) in [6, 6.07) is 11.9. The van der Waals surface area contributed by atoms with Crippen LogP contribution in [-0.4, -0.2) is 53.8 Å². The van der Waals surface area contributed by atoms with Gasteiger partial charge in [0.25, 0.3) is 0 Å². The van der Waals surface area contributed by atoms with Crippen LogP contribution in [0.2, 0.25) is 0 Å². The molecule has 2 aliphatic heterocycles. The van der Waals surface area contributed by atoms with Crippen molar-refractivity contribution in [2.24, 2.45) is 5.92 Å². The molecular weight excluding hydrogens is 424 g/mol. The highest BCUT2D eigenvalue weighted by molar-refractivity contribution is 5.91. The molecule has 172 valence electrons. The van der Waals surface area contributed by atoms with E-state index in [9.17, 15) is 18.4 Å². The van der Waals surface area contributed by atoms with E-state index in [1.807, 2.05) is 36.4 Å². The van der Waals surface area contributed by atoms with Crippen molar-refractivity contribution in [2.75, 3.05) is 26.2 Å². The molecule has 2 atom stereocenters. The summed E-state index contributed by atoms with van der Waals surface area (Å²) < 4.78 is 28.4. The van der Waals surface area contributed by atoms with E-state index < -0.39 is 23.7 Å². The van der Waals surface area contributed by atoms with Gasteiger partial charge in [0.2, 0.25) is 11.8 Å². The van der Waals surface area contributed by atoms with E-state index in [1.165, 1.54) is 6.07 Å². The number of carbonyl (C=O) groups excluding carboxylic acids is 2. The summed E-state index contributed by atoms with van der Waals surface area (Å²) in [5.74, 6) is -1.25. The summed E-state index contributed by atoms with van der Waals surface area (Å²) >= 11 is 0. The third-order valence-electron chi connectivity index (χ3n) is 6.73. The smallest absolute Gasteiger partial charge is 0.246 e. The lowest BCUT2D eigenvalue weighted by molar-refractivity contribution is -0.138. The van der Waals surface area contributed by atoms with Crippen LogP contribution in [0.4, 0.5) is 8.78 Å². The van der Waals surface area contributed by atoms with Crippen molar-refractivity contribution < 1.29 is 18.4 Å². The Kier molecular flexibility index (Phi) is 5.98. The number of nitrogens with zero attached hydrogens (tertiary/aromatic N) is 2. The number of hydrogen-bond acceptors (Lipinski definition) is 3. The van der Waals surface area contributed by atoms with E-state index in [0.29, 0.717) is 12.1 Å². The largest absolute Gasteiger partial charge is 0.343 e. The van der Waals surface area contributed by atoms with Gasteiger partial charge < -0.3 is 10.2 Å². The van der Waals surface area contributed by atoms with Gasteiger partial charge in [0.05, 0.1) is 12.6 Å². The standard InChI is InChI=1S/C26H27F2N3O2/c27-20-9-10-22(28)21(14-20)19-13-23(17-5-2-1-3-6-17)31(15-19)26(33)25(18-7-8-18)29-24(32)16-30-11-4-12-30/h1-3,5-6,9-10,13-14,18,23,25H,4,7-8,11-12,15-16H2,(H,29,32)/t23-,25-/m0/s1. The Bertz CT molecular complexity index is 1080. The van der Waals surface area contributed by atoms with Crippen LogP contribution in [0.25, 0.3) is 5.57 Å². The molecule has 0 unspecified atom stereocenters. The first-order valence-electron chi connectivity index (χ1n) is 11.5. The maximum absolute atomic E-state index is 14.5. The molecule has 1 N–H and O–H groups in total. The maximum atomic E-state index is 14.5. The van der Waals surface area contributed by atoms with Crippen LogP contribution in [0.15, 0.2) is 54.6 Å². The number of nitrogens with one attached hydrogen (secondary N) is 1. The van der Waals surface area contributed by atoms with Crippen molar-refractivity contribution in [1.29, 1.82) is 0 Å². The molecule has 5 nitrogen and oxygen atoms in total. The van der Waals surface area contributed by atoms with Crippen molar-refractivity contribution in [3.05, 3.63) is 77.4 Å². The van der Waals surface area contributed by atoms with Crippen LogP contribution in [0.1, 0.15) is 36.4 Å². The summed E-state index contributed by atoms with van der Waals surface area (Å²) in [5, 5.41) is 2.97. The highest BCUT2D eigenvalue weighted by atomic mass is 19.1. The van der Waals surface area contributed by atoms with Crippen LogP contribution in [0.3, 0.4) is 0 Å². The molecule has 0 radical (unpaired) electrons. The predicted octanol–water partition coefficient (Wildman–Crippen LogP) is 3.53. The third-order valence-corrected chi connectivity index (χ3v) is 6.73. The van der Waals surface area contributed by atoms with Crippen LogP contribution in [0, 0.1) is 17.6 Å². The number of carbonyl (C=O) groups is 2. The first-order chi connectivity index (χ1) is 16.0. The van der Waals surface area contributed by atoms with E-state index in [1.54, 1.807) is 4.90 Å². The zero-order valence-corrected chi connectivity index (χ0v) is 18.3. The molecule has 2 fully saturated rings. The minimum absolute atomic E-state index is 0.115. The molecule has 33 heavy (non-hydrogen) atoms. The van der Waals surface area contributed by atoms with Crippen molar-refractivity contribution in [2.45, 2.75) is 31.3 Å². The molecule has 7 heteroatoms. The molecule has 2 amide bonds. The maximum Gasteiger partial charge on any atom is 0.246 e. The fourth-order valence-electron chi connectivity index (χ4n) is 4.63. The Balaban J connectivity index is 1.41. The van der Waals surface area contributed by atoms with Gasteiger partial charge in [-0.25, -0.2) is 8.78 Å². The van der Waals surface area contributed by atoms with E-state index in [4.69, 9.17) is 0 Å². The van der Waals surface area contributed by atoms with Crippen molar-refractivity contribution >= 4 is 17.4 Å². The van der Waals surface area contributed by atoms with E-state index >= 15 is 0 Å². The first kappa shape index (κ1) is 21.8. The number of benzene rings is 2. The topological polar surface area (TPSA) is 52.7 Å². The lowest BCUT2D eigenvalue weighted by Crippen LogP contribution is -2.53. The predicted molar refractivity (Wildman–Crippen MR) is 121 cm³/mol. The van der Waals surface area contributed by atoms with Crippen LogP contribution in [0.5, 0.6) is 0 Å². The molecule has 0 spiro atoms. The second-order valence-corrected chi connectivity index (χ2v) is 9.15. The number of rotatable bonds is 7. The summed E-state index contributed by atoms with van der Waals surface area (Å²) in [6.07, 6.45) is 4.71. The van der Waals surface area contributed by atoms with Gasteiger partial charge in [0.1, 0.15) is 17.7 Å². The summed E-state index contributed by atoms with van der Waals surface area (Å²) in [5.41, 5.74) is 1.62. The van der Waals surface area contributed by atoms with Crippen LogP contribution in [-0.2, 0) is 9.59 Å². The second-order valence-electron chi connectivity index (χ2n) is 9.15. The Morgan fingerprint density at radius 3 is 2.48 bits per heavy atom. The summed E-state index contributed by atoms with van der Waals surface area (Å²) in [4.78, 5) is 30.1. The third kappa shape index (κ3) is 4.69. The fraction of sp³-hybridized carbons (Fsp3) is 0.385. The van der Waals surface area contributed by atoms with Gasteiger partial charge in [-0.1, -0.05) is 36.4 Å². The Morgan fingerprint density at radius 2 is 1.82 bits per heavy atom. The van der Waals surface area contributed by atoms with Gasteiger partial charge in [-0.05, 0) is 67.6 Å². The molecule has 2 heterocycles. The molecule has 1 saturated heterocycles. The molecule has 0 aromatic heterocycles. The Hall–Kier alpha value is -3.06. The van der Waals surface area contributed by atoms with Gasteiger partial charge in [-0.3, -0.25) is 14.5 Å². The zero-order valence-electron chi connectivity index (χ0n) is 18.3. The quantitative estimate of drug-likeness (QED) is 0.701. The second kappa shape index (κ2) is 9.06. The van der Waals surface area contributed by atoms with Crippen LogP contribution < -0.4 is 5.32 Å². The van der Waals surface area contributed by atoms with E-state index in [-0.39, 0.29) is 29.8 Å². The molecule has 2 aromatic rings. The number of likely N-dealkylation sites (tertiary alicyclic amines) is 1. The van der Waals surface area contributed by atoms with E-state index in [0.717, 1.165) is 50.0 Å². The fourth-order valence-corrected chi connectivity index (χ4v) is 4.63. The zero-order chi connectivity index (χ0) is 22.9. The van der Waals surface area contributed by atoms with Crippen molar-refractivity contribution in [3.8, 4) is 0 Å². The van der Waals surface area contributed by atoms with Crippen LogP contribution >= 0.6 is 0 Å². The lowest BCUT2D eigenvalue weighted by atomic mass is 10.0. The minimum Gasteiger partial charge on any atom is -0.343 e. The molecule has 5 rings (SSSR count). The van der Waals surface area contributed by atoms with Crippen molar-refractivity contribution in [1.82, 2.24) is 15.1 Å². The van der Waals surface area contributed by atoms with Crippen molar-refractivity contribution in [3.63, 3.8) is 0 Å². The normalized spacial score (nSPS) is 21.3. The Labute approximate surface area is 192 Å². The van der Waals surface area contributed by atoms with Gasteiger partial charge in [0.15, 0.2) is 0 Å². The molecule has 1 aliphatic carbocycles. The average molecular weight is 452 g/mol. The van der Waals surface area contributed by atoms with Gasteiger partial charge in [-0.15, -0.1) is 0 Å². The van der Waals surface area contributed by atoms with Gasteiger partial charge >= 0.3 is 0 Å². The van der Waals surface area contributed by atoms with Gasteiger partial charge in [-0.2, -0.15) is 0 Å². The number of amides is 2. The lowest BCUT2D eigenvalue weighted by Gasteiger charge is -2.32. The Morgan fingerprint density at radius 1 is 1.06 bits per heavy atom. The summed E-state index contributed by atoms with van der Waals surface area (Å²) in [7, 11) is 0. The van der Waals surface area contributed by atoms with E-state index in [2.05, 4.69) is 10.2 Å². The average Bonchev–Trinajstić information content (AvgIpc) is 3.54. The highest BCUT2D eigenvalue weighted by Gasteiger charge is 2.43. The number of hydrogen-bond donors (Lipinski definition) is 1. The first-order valence-corrected chi connectivity index (χ1v) is 11.5.